The fourth-order valence-electron chi connectivity index (χ4n) is 1.48. The molecular formula is C12H16O4. The quantitative estimate of drug-likeness (QED) is 0.762. The molecule has 88 valence electrons. The minimum absolute atomic E-state index is 0.0508. The number of carbonyl (C=O) groups is 1. The maximum atomic E-state index is 11.4. The molecule has 2 atom stereocenters. The van der Waals surface area contributed by atoms with E-state index in [1.165, 1.54) is 26.2 Å². The van der Waals surface area contributed by atoms with Crippen LogP contribution in [0.1, 0.15) is 19.4 Å². The summed E-state index contributed by atoms with van der Waals surface area (Å²) in [6.07, 6.45) is 0. The minimum atomic E-state index is -1.37. The Morgan fingerprint density at radius 3 is 2.62 bits per heavy atom. The Morgan fingerprint density at radius 2 is 2.12 bits per heavy atom. The van der Waals surface area contributed by atoms with Gasteiger partial charge in [-0.2, -0.15) is 0 Å². The fraction of sp³-hybridized carbons (Fsp3) is 0.417. The van der Waals surface area contributed by atoms with Gasteiger partial charge < -0.3 is 14.9 Å². The number of aliphatic hydroxyl groups is 1. The number of esters is 1. The van der Waals surface area contributed by atoms with Crippen LogP contribution < -0.4 is 0 Å². The molecule has 0 saturated heterocycles. The predicted octanol–water partition coefficient (Wildman–Crippen LogP) is 1.41. The molecule has 1 aromatic rings. The Morgan fingerprint density at radius 1 is 1.50 bits per heavy atom. The van der Waals surface area contributed by atoms with Crippen LogP contribution in [0.25, 0.3) is 0 Å². The highest BCUT2D eigenvalue weighted by Crippen LogP contribution is 2.31. The van der Waals surface area contributed by atoms with E-state index in [1.54, 1.807) is 19.1 Å². The Bertz CT molecular complexity index is 384. The Balaban J connectivity index is 3.05. The lowest BCUT2D eigenvalue weighted by Gasteiger charge is -2.28. The molecule has 0 spiro atoms. The van der Waals surface area contributed by atoms with E-state index in [-0.39, 0.29) is 5.75 Å². The molecule has 0 heterocycles. The average molecular weight is 224 g/mol. The summed E-state index contributed by atoms with van der Waals surface area (Å²) in [6, 6.07) is 6.20. The second-order valence-electron chi connectivity index (χ2n) is 3.94. The first kappa shape index (κ1) is 12.5. The van der Waals surface area contributed by atoms with E-state index >= 15 is 0 Å². The molecule has 0 aliphatic rings. The van der Waals surface area contributed by atoms with Crippen molar-refractivity contribution in [3.05, 3.63) is 29.8 Å². The maximum absolute atomic E-state index is 11.4. The van der Waals surface area contributed by atoms with Crippen molar-refractivity contribution in [3.8, 4) is 5.75 Å². The van der Waals surface area contributed by atoms with Gasteiger partial charge in [0.2, 0.25) is 0 Å². The van der Waals surface area contributed by atoms with Gasteiger partial charge in [0.05, 0.1) is 18.6 Å². The van der Waals surface area contributed by atoms with Gasteiger partial charge in [-0.3, -0.25) is 4.79 Å². The highest BCUT2D eigenvalue weighted by molar-refractivity contribution is 5.73. The molecule has 2 N–H and O–H groups in total. The summed E-state index contributed by atoms with van der Waals surface area (Å²) < 4.78 is 4.59. The van der Waals surface area contributed by atoms with Crippen molar-refractivity contribution in [3.63, 3.8) is 0 Å². The third-order valence-corrected chi connectivity index (χ3v) is 2.83. The van der Waals surface area contributed by atoms with Crippen LogP contribution >= 0.6 is 0 Å². The summed E-state index contributed by atoms with van der Waals surface area (Å²) >= 11 is 0. The van der Waals surface area contributed by atoms with Gasteiger partial charge in [0, 0.05) is 0 Å². The zero-order valence-electron chi connectivity index (χ0n) is 9.60. The molecule has 0 saturated carbocycles. The van der Waals surface area contributed by atoms with E-state index < -0.39 is 17.5 Å². The smallest absolute Gasteiger partial charge is 0.311 e. The number of phenolic OH excluding ortho intramolecular Hbond substituents is 1. The third-order valence-electron chi connectivity index (χ3n) is 2.83. The Kier molecular flexibility index (Phi) is 3.55. The maximum Gasteiger partial charge on any atom is 0.311 e. The molecule has 16 heavy (non-hydrogen) atoms. The van der Waals surface area contributed by atoms with Crippen molar-refractivity contribution in [2.45, 2.75) is 19.4 Å². The van der Waals surface area contributed by atoms with E-state index in [0.29, 0.717) is 5.56 Å². The molecule has 0 bridgehead atoms. The molecule has 0 amide bonds. The lowest BCUT2D eigenvalue weighted by molar-refractivity contribution is -0.154. The number of rotatable bonds is 3. The van der Waals surface area contributed by atoms with Crippen LogP contribution in [0, 0.1) is 5.92 Å². The zero-order valence-corrected chi connectivity index (χ0v) is 9.60. The molecular weight excluding hydrogens is 208 g/mol. The molecule has 1 aromatic carbocycles. The lowest BCUT2D eigenvalue weighted by atomic mass is 9.84. The standard InChI is InChI=1S/C12H16O4/c1-8(11(14)16-3)12(2,15)9-5-4-6-10(13)7-9/h4-8,13,15H,1-3H3. The number of phenols is 1. The van der Waals surface area contributed by atoms with E-state index in [2.05, 4.69) is 4.74 Å². The van der Waals surface area contributed by atoms with E-state index in [1.807, 2.05) is 0 Å². The molecule has 0 radical (unpaired) electrons. The first-order valence-electron chi connectivity index (χ1n) is 4.99. The number of carbonyl (C=O) groups excluding carboxylic acids is 1. The van der Waals surface area contributed by atoms with Crippen LogP contribution in [0.4, 0.5) is 0 Å². The van der Waals surface area contributed by atoms with Gasteiger partial charge in [0.15, 0.2) is 0 Å². The monoisotopic (exact) mass is 224 g/mol. The summed E-state index contributed by atoms with van der Waals surface area (Å²) in [5, 5.41) is 19.6. The predicted molar refractivity (Wildman–Crippen MR) is 58.9 cm³/mol. The summed E-state index contributed by atoms with van der Waals surface area (Å²) in [7, 11) is 1.28. The average Bonchev–Trinajstić information content (AvgIpc) is 2.27. The van der Waals surface area contributed by atoms with Crippen LogP contribution in [0.2, 0.25) is 0 Å². The summed E-state index contributed by atoms with van der Waals surface area (Å²) in [5.74, 6) is -1.15. The van der Waals surface area contributed by atoms with Crippen molar-refractivity contribution in [2.75, 3.05) is 7.11 Å². The summed E-state index contributed by atoms with van der Waals surface area (Å²) in [5.41, 5.74) is -0.892. The van der Waals surface area contributed by atoms with E-state index in [4.69, 9.17) is 0 Å². The number of ether oxygens (including phenoxy) is 1. The first-order valence-corrected chi connectivity index (χ1v) is 4.99. The van der Waals surface area contributed by atoms with Crippen LogP contribution in [-0.4, -0.2) is 23.3 Å². The van der Waals surface area contributed by atoms with Gasteiger partial charge in [-0.15, -0.1) is 0 Å². The van der Waals surface area contributed by atoms with Crippen molar-refractivity contribution in [1.82, 2.24) is 0 Å². The van der Waals surface area contributed by atoms with Crippen molar-refractivity contribution >= 4 is 5.97 Å². The molecule has 0 aliphatic heterocycles. The van der Waals surface area contributed by atoms with Crippen LogP contribution in [0.5, 0.6) is 5.75 Å². The number of hydrogen-bond acceptors (Lipinski definition) is 4. The van der Waals surface area contributed by atoms with Gasteiger partial charge in [-0.25, -0.2) is 0 Å². The molecule has 4 nitrogen and oxygen atoms in total. The normalized spacial score (nSPS) is 16.2. The number of methoxy groups -OCH3 is 1. The second kappa shape index (κ2) is 4.53. The molecule has 2 unspecified atom stereocenters. The van der Waals surface area contributed by atoms with Gasteiger partial charge in [-0.1, -0.05) is 12.1 Å². The lowest BCUT2D eigenvalue weighted by Crippen LogP contribution is -2.35. The topological polar surface area (TPSA) is 66.8 Å². The van der Waals surface area contributed by atoms with Gasteiger partial charge in [-0.05, 0) is 31.5 Å². The van der Waals surface area contributed by atoms with Gasteiger partial charge in [0.1, 0.15) is 5.75 Å². The summed E-state index contributed by atoms with van der Waals surface area (Å²) in [6.45, 7) is 3.10. The van der Waals surface area contributed by atoms with E-state index in [9.17, 15) is 15.0 Å². The van der Waals surface area contributed by atoms with Gasteiger partial charge >= 0.3 is 5.97 Å². The van der Waals surface area contributed by atoms with Crippen LogP contribution in [-0.2, 0) is 15.1 Å². The van der Waals surface area contributed by atoms with E-state index in [0.717, 1.165) is 0 Å². The second-order valence-corrected chi connectivity index (χ2v) is 3.94. The molecule has 0 aliphatic carbocycles. The highest BCUT2D eigenvalue weighted by atomic mass is 16.5. The largest absolute Gasteiger partial charge is 0.508 e. The minimum Gasteiger partial charge on any atom is -0.508 e. The van der Waals surface area contributed by atoms with Gasteiger partial charge in [0.25, 0.3) is 0 Å². The third kappa shape index (κ3) is 2.33. The molecule has 0 aromatic heterocycles. The van der Waals surface area contributed by atoms with Crippen molar-refractivity contribution in [2.24, 2.45) is 5.92 Å². The molecule has 0 fully saturated rings. The fourth-order valence-corrected chi connectivity index (χ4v) is 1.48. The van der Waals surface area contributed by atoms with Crippen molar-refractivity contribution < 1.29 is 19.7 Å². The zero-order chi connectivity index (χ0) is 12.3. The molecule has 1 rings (SSSR count). The molecule has 4 heteroatoms. The SMILES string of the molecule is COC(=O)C(C)C(C)(O)c1cccc(O)c1. The Labute approximate surface area is 94.5 Å². The number of hydrogen-bond donors (Lipinski definition) is 2. The Hall–Kier alpha value is -1.55. The number of benzene rings is 1. The number of aromatic hydroxyl groups is 1. The first-order chi connectivity index (χ1) is 7.39. The van der Waals surface area contributed by atoms with Crippen LogP contribution in [0.15, 0.2) is 24.3 Å². The highest BCUT2D eigenvalue weighted by Gasteiger charge is 2.36. The summed E-state index contributed by atoms with van der Waals surface area (Å²) in [4.78, 5) is 11.4. The van der Waals surface area contributed by atoms with Crippen molar-refractivity contribution in [1.29, 1.82) is 0 Å². The van der Waals surface area contributed by atoms with Crippen LogP contribution in [0.3, 0.4) is 0 Å².